The Morgan fingerprint density at radius 1 is 1.21 bits per heavy atom. The maximum atomic E-state index is 12.1. The monoisotopic (exact) mass is 264 g/mol. The highest BCUT2D eigenvalue weighted by Gasteiger charge is 2.51. The summed E-state index contributed by atoms with van der Waals surface area (Å²) in [6.45, 7) is 7.49. The molecule has 19 heavy (non-hydrogen) atoms. The standard InChI is InChI=1S/C15H20O4/c1-14(2)12(18-15(3,4)19-14)13(16)17-10-11-8-6-5-7-9-11/h5-9,12H,10H2,1-4H3. The van der Waals surface area contributed by atoms with E-state index in [0.29, 0.717) is 0 Å². The van der Waals surface area contributed by atoms with Gasteiger partial charge in [-0.1, -0.05) is 30.3 Å². The van der Waals surface area contributed by atoms with Gasteiger partial charge in [0, 0.05) is 0 Å². The van der Waals surface area contributed by atoms with E-state index in [9.17, 15) is 4.79 Å². The lowest BCUT2D eigenvalue weighted by molar-refractivity contribution is -0.172. The molecule has 1 atom stereocenters. The maximum Gasteiger partial charge on any atom is 0.338 e. The predicted octanol–water partition coefficient (Wildman–Crippen LogP) is 2.66. The van der Waals surface area contributed by atoms with Gasteiger partial charge in [-0.25, -0.2) is 4.79 Å². The molecule has 0 N–H and O–H groups in total. The molecule has 1 aromatic carbocycles. The molecule has 1 unspecified atom stereocenters. The minimum atomic E-state index is -0.764. The van der Waals surface area contributed by atoms with Crippen LogP contribution >= 0.6 is 0 Å². The Morgan fingerprint density at radius 2 is 1.84 bits per heavy atom. The van der Waals surface area contributed by atoms with Gasteiger partial charge in [-0.05, 0) is 33.3 Å². The zero-order valence-corrected chi connectivity index (χ0v) is 11.8. The van der Waals surface area contributed by atoms with E-state index in [-0.39, 0.29) is 12.6 Å². The number of carbonyl (C=O) groups excluding carboxylic acids is 1. The summed E-state index contributed by atoms with van der Waals surface area (Å²) >= 11 is 0. The predicted molar refractivity (Wildman–Crippen MR) is 70.4 cm³/mol. The molecule has 0 aliphatic carbocycles. The van der Waals surface area contributed by atoms with Crippen molar-refractivity contribution >= 4 is 5.97 Å². The van der Waals surface area contributed by atoms with Gasteiger partial charge in [-0.3, -0.25) is 0 Å². The average Bonchev–Trinajstić information content (AvgIpc) is 2.56. The molecule has 4 nitrogen and oxygen atoms in total. The summed E-state index contributed by atoms with van der Waals surface area (Å²) in [7, 11) is 0. The van der Waals surface area contributed by atoms with Crippen LogP contribution in [0.15, 0.2) is 30.3 Å². The lowest BCUT2D eigenvalue weighted by atomic mass is 10.0. The van der Waals surface area contributed by atoms with Gasteiger partial charge in [0.1, 0.15) is 12.2 Å². The first-order valence-corrected chi connectivity index (χ1v) is 6.39. The van der Waals surface area contributed by atoms with Crippen LogP contribution in [0.5, 0.6) is 0 Å². The van der Waals surface area contributed by atoms with Gasteiger partial charge in [0.15, 0.2) is 11.9 Å². The Bertz CT molecular complexity index is 450. The van der Waals surface area contributed by atoms with Gasteiger partial charge in [0.25, 0.3) is 0 Å². The summed E-state index contributed by atoms with van der Waals surface area (Å²) in [6.07, 6.45) is -0.703. The van der Waals surface area contributed by atoms with Crippen molar-refractivity contribution in [1.29, 1.82) is 0 Å². The number of rotatable bonds is 3. The number of hydrogen-bond donors (Lipinski definition) is 0. The SMILES string of the molecule is CC1(C)OC(C(=O)OCc2ccccc2)C(C)(C)O1. The first kappa shape index (κ1) is 14.0. The third kappa shape index (κ3) is 3.33. The number of hydrogen-bond acceptors (Lipinski definition) is 4. The first-order valence-electron chi connectivity index (χ1n) is 6.39. The Morgan fingerprint density at radius 3 is 2.37 bits per heavy atom. The molecular weight excluding hydrogens is 244 g/mol. The van der Waals surface area contributed by atoms with E-state index in [4.69, 9.17) is 14.2 Å². The van der Waals surface area contributed by atoms with E-state index >= 15 is 0 Å². The molecule has 0 radical (unpaired) electrons. The molecular formula is C15H20O4. The fourth-order valence-corrected chi connectivity index (χ4v) is 2.27. The molecule has 1 saturated heterocycles. The van der Waals surface area contributed by atoms with Crippen molar-refractivity contribution < 1.29 is 19.0 Å². The maximum absolute atomic E-state index is 12.1. The van der Waals surface area contributed by atoms with Crippen molar-refractivity contribution in [2.75, 3.05) is 0 Å². The summed E-state index contributed by atoms with van der Waals surface area (Å²) in [5.41, 5.74) is 0.268. The fourth-order valence-electron chi connectivity index (χ4n) is 2.27. The highest BCUT2D eigenvalue weighted by atomic mass is 16.8. The molecule has 0 bridgehead atoms. The van der Waals surface area contributed by atoms with Gasteiger partial charge >= 0.3 is 5.97 Å². The van der Waals surface area contributed by atoms with Crippen molar-refractivity contribution in [3.05, 3.63) is 35.9 Å². The Kier molecular flexibility index (Phi) is 3.65. The largest absolute Gasteiger partial charge is 0.459 e. The zero-order chi connectivity index (χ0) is 14.1. The van der Waals surface area contributed by atoms with Crippen LogP contribution in [-0.4, -0.2) is 23.5 Å². The average molecular weight is 264 g/mol. The number of esters is 1. The van der Waals surface area contributed by atoms with Gasteiger partial charge < -0.3 is 14.2 Å². The molecule has 1 aliphatic rings. The second-order valence-corrected chi connectivity index (χ2v) is 5.70. The van der Waals surface area contributed by atoms with Crippen molar-refractivity contribution in [2.24, 2.45) is 0 Å². The van der Waals surface area contributed by atoms with Crippen LogP contribution in [0.2, 0.25) is 0 Å². The van der Waals surface area contributed by atoms with E-state index < -0.39 is 17.5 Å². The Labute approximate surface area is 113 Å². The summed E-state index contributed by atoms with van der Waals surface area (Å²) in [6, 6.07) is 9.56. The summed E-state index contributed by atoms with van der Waals surface area (Å²) < 4.78 is 16.6. The molecule has 2 rings (SSSR count). The van der Waals surface area contributed by atoms with Gasteiger partial charge in [0.05, 0.1) is 0 Å². The van der Waals surface area contributed by atoms with Crippen LogP contribution in [0.4, 0.5) is 0 Å². The van der Waals surface area contributed by atoms with Crippen molar-refractivity contribution in [1.82, 2.24) is 0 Å². The van der Waals surface area contributed by atoms with Crippen LogP contribution < -0.4 is 0 Å². The van der Waals surface area contributed by atoms with Crippen molar-refractivity contribution in [3.63, 3.8) is 0 Å². The number of benzene rings is 1. The third-order valence-electron chi connectivity index (χ3n) is 2.98. The summed E-state index contributed by atoms with van der Waals surface area (Å²) in [5.74, 6) is -1.15. The lowest BCUT2D eigenvalue weighted by Gasteiger charge is -2.22. The van der Waals surface area contributed by atoms with Crippen molar-refractivity contribution in [3.8, 4) is 0 Å². The second kappa shape index (κ2) is 4.94. The third-order valence-corrected chi connectivity index (χ3v) is 2.98. The molecule has 0 spiro atoms. The second-order valence-electron chi connectivity index (χ2n) is 5.70. The van der Waals surface area contributed by atoms with Crippen LogP contribution in [0.3, 0.4) is 0 Å². The molecule has 1 heterocycles. The Balaban J connectivity index is 1.97. The van der Waals surface area contributed by atoms with Crippen LogP contribution in [-0.2, 0) is 25.6 Å². The molecule has 1 aromatic rings. The quantitative estimate of drug-likeness (QED) is 0.787. The minimum Gasteiger partial charge on any atom is -0.459 e. The molecule has 104 valence electrons. The highest BCUT2D eigenvalue weighted by molar-refractivity contribution is 5.76. The fraction of sp³-hybridized carbons (Fsp3) is 0.533. The molecule has 1 aliphatic heterocycles. The van der Waals surface area contributed by atoms with Crippen LogP contribution in [0, 0.1) is 0 Å². The smallest absolute Gasteiger partial charge is 0.338 e. The van der Waals surface area contributed by atoms with Crippen molar-refractivity contribution in [2.45, 2.75) is 51.8 Å². The molecule has 1 fully saturated rings. The molecule has 0 amide bonds. The number of ether oxygens (including phenoxy) is 3. The summed E-state index contributed by atoms with van der Waals surface area (Å²) in [4.78, 5) is 12.1. The molecule has 4 heteroatoms. The Hall–Kier alpha value is -1.39. The zero-order valence-electron chi connectivity index (χ0n) is 11.8. The minimum absolute atomic E-state index is 0.246. The van der Waals surface area contributed by atoms with E-state index in [1.807, 2.05) is 44.2 Å². The molecule has 0 aromatic heterocycles. The summed E-state index contributed by atoms with van der Waals surface area (Å²) in [5, 5.41) is 0. The van der Waals surface area contributed by atoms with Gasteiger partial charge in [-0.2, -0.15) is 0 Å². The van der Waals surface area contributed by atoms with E-state index in [2.05, 4.69) is 0 Å². The van der Waals surface area contributed by atoms with Gasteiger partial charge in [-0.15, -0.1) is 0 Å². The van der Waals surface area contributed by atoms with Crippen LogP contribution in [0.1, 0.15) is 33.3 Å². The highest BCUT2D eigenvalue weighted by Crippen LogP contribution is 2.36. The van der Waals surface area contributed by atoms with Crippen LogP contribution in [0.25, 0.3) is 0 Å². The van der Waals surface area contributed by atoms with E-state index in [1.54, 1.807) is 13.8 Å². The normalized spacial score (nSPS) is 24.1. The van der Waals surface area contributed by atoms with E-state index in [0.717, 1.165) is 5.56 Å². The lowest BCUT2D eigenvalue weighted by Crippen LogP contribution is -2.40. The molecule has 0 saturated carbocycles. The van der Waals surface area contributed by atoms with Gasteiger partial charge in [0.2, 0.25) is 0 Å². The van der Waals surface area contributed by atoms with E-state index in [1.165, 1.54) is 0 Å². The topological polar surface area (TPSA) is 44.8 Å². The first-order chi connectivity index (χ1) is 8.80. The number of carbonyl (C=O) groups is 1.